The van der Waals surface area contributed by atoms with Crippen LogP contribution in [0.4, 0.5) is 0 Å². The van der Waals surface area contributed by atoms with Gasteiger partial charge in [0.2, 0.25) is 5.91 Å². The Kier molecular flexibility index (Phi) is 6.22. The molecular formula is C27H19ClN4O3S. The van der Waals surface area contributed by atoms with Crippen LogP contribution in [-0.2, 0) is 11.2 Å². The number of carbonyl (C=O) groups is 2. The third-order valence-corrected chi connectivity index (χ3v) is 7.19. The van der Waals surface area contributed by atoms with E-state index in [1.807, 2.05) is 37.3 Å². The van der Waals surface area contributed by atoms with E-state index in [9.17, 15) is 14.7 Å². The minimum absolute atomic E-state index is 0.102. The second-order valence-electron chi connectivity index (χ2n) is 8.25. The van der Waals surface area contributed by atoms with Crippen molar-refractivity contribution in [1.82, 2.24) is 15.0 Å². The number of nitrogens with two attached hydrogens (primary N) is 1. The first-order valence-corrected chi connectivity index (χ1v) is 12.1. The summed E-state index contributed by atoms with van der Waals surface area (Å²) >= 11 is 7.59. The van der Waals surface area contributed by atoms with Crippen LogP contribution in [0.2, 0.25) is 5.02 Å². The number of amides is 1. The summed E-state index contributed by atoms with van der Waals surface area (Å²) in [6.07, 6.45) is 4.61. The van der Waals surface area contributed by atoms with Crippen molar-refractivity contribution in [2.24, 2.45) is 5.73 Å². The number of carbonyl (C=O) groups excluding carboxylic acids is 1. The van der Waals surface area contributed by atoms with Gasteiger partial charge in [-0.25, -0.2) is 4.98 Å². The number of thiazole rings is 1. The van der Waals surface area contributed by atoms with Gasteiger partial charge in [-0.2, -0.15) is 0 Å². The highest BCUT2D eigenvalue weighted by Crippen LogP contribution is 2.41. The number of rotatable bonds is 6. The van der Waals surface area contributed by atoms with Gasteiger partial charge in [0.1, 0.15) is 5.01 Å². The molecule has 0 saturated heterocycles. The Hall–Kier alpha value is -4.14. The molecule has 2 aromatic carbocycles. The van der Waals surface area contributed by atoms with Crippen molar-refractivity contribution in [3.05, 3.63) is 88.8 Å². The maximum atomic E-state index is 11.7. The van der Waals surface area contributed by atoms with Gasteiger partial charge < -0.3 is 10.8 Å². The van der Waals surface area contributed by atoms with Gasteiger partial charge in [0.15, 0.2) is 0 Å². The zero-order valence-corrected chi connectivity index (χ0v) is 20.6. The summed E-state index contributed by atoms with van der Waals surface area (Å²) in [4.78, 5) is 36.7. The lowest BCUT2D eigenvalue weighted by Crippen LogP contribution is -2.11. The average Bonchev–Trinajstić information content (AvgIpc) is 3.28. The highest BCUT2D eigenvalue weighted by molar-refractivity contribution is 7.22. The Bertz CT molecular complexity index is 1650. The van der Waals surface area contributed by atoms with Crippen LogP contribution in [0.3, 0.4) is 0 Å². The molecule has 0 unspecified atom stereocenters. The lowest BCUT2D eigenvalue weighted by Gasteiger charge is -2.13. The minimum Gasteiger partial charge on any atom is -0.481 e. The van der Waals surface area contributed by atoms with Crippen LogP contribution in [0.15, 0.2) is 67.1 Å². The quantitative estimate of drug-likeness (QED) is 0.296. The van der Waals surface area contributed by atoms with Gasteiger partial charge in [-0.3, -0.25) is 19.6 Å². The topological polar surface area (TPSA) is 119 Å². The summed E-state index contributed by atoms with van der Waals surface area (Å²) in [5, 5.41) is 10.9. The Balaban J connectivity index is 1.67. The normalized spacial score (nSPS) is 11.1. The maximum absolute atomic E-state index is 11.7. The number of nitrogens with zero attached hydrogens (tertiary/aromatic N) is 3. The summed E-state index contributed by atoms with van der Waals surface area (Å²) in [5.74, 6) is -1.46. The van der Waals surface area contributed by atoms with E-state index in [1.165, 1.54) is 17.5 Å². The van der Waals surface area contributed by atoms with Gasteiger partial charge >= 0.3 is 5.97 Å². The number of fused-ring (bicyclic) bond motifs is 1. The Morgan fingerprint density at radius 3 is 2.53 bits per heavy atom. The molecule has 36 heavy (non-hydrogen) atoms. The van der Waals surface area contributed by atoms with Crippen LogP contribution in [0.25, 0.3) is 43.2 Å². The zero-order chi connectivity index (χ0) is 25.4. The van der Waals surface area contributed by atoms with Crippen molar-refractivity contribution in [1.29, 1.82) is 0 Å². The van der Waals surface area contributed by atoms with E-state index in [1.54, 1.807) is 30.6 Å². The largest absolute Gasteiger partial charge is 0.481 e. The molecule has 0 radical (unpaired) electrons. The molecule has 5 rings (SSSR count). The first-order valence-electron chi connectivity index (χ1n) is 10.9. The fourth-order valence-corrected chi connectivity index (χ4v) is 5.36. The van der Waals surface area contributed by atoms with E-state index in [0.717, 1.165) is 43.0 Å². The number of hydrogen-bond donors (Lipinski definition) is 2. The molecule has 7 nitrogen and oxygen atoms in total. The zero-order valence-electron chi connectivity index (χ0n) is 19.0. The van der Waals surface area contributed by atoms with E-state index in [4.69, 9.17) is 22.3 Å². The average molecular weight is 515 g/mol. The highest BCUT2D eigenvalue weighted by atomic mass is 35.5. The molecule has 1 amide bonds. The van der Waals surface area contributed by atoms with Crippen molar-refractivity contribution in [2.45, 2.75) is 13.3 Å². The number of aryl methyl sites for hydroxylation is 1. The van der Waals surface area contributed by atoms with Gasteiger partial charge in [-0.1, -0.05) is 23.7 Å². The number of primary amides is 1. The predicted octanol–water partition coefficient (Wildman–Crippen LogP) is 5.78. The standard InChI is InChI=1S/C27H19ClN4O3S/c1-14-8-22-25(24(20(14)11-23(33)34)15-2-4-19(28)5-3-15)36-27(32-22)16-6-7-31-21(10-16)17-9-18(26(29)35)13-30-12-17/h2-10,12-13H,11H2,1H3,(H2,29,35)(H,33,34). The van der Waals surface area contributed by atoms with E-state index in [-0.39, 0.29) is 6.42 Å². The SMILES string of the molecule is Cc1cc2nc(-c3ccnc(-c4cncc(C(N)=O)c4)c3)sc2c(-c2ccc(Cl)cc2)c1CC(=O)O. The number of hydrogen-bond acceptors (Lipinski definition) is 6. The molecule has 0 spiro atoms. The van der Waals surface area contributed by atoms with Crippen LogP contribution < -0.4 is 5.73 Å². The van der Waals surface area contributed by atoms with Crippen LogP contribution in [0.1, 0.15) is 21.5 Å². The Labute approximate surface area is 215 Å². The number of carboxylic acids is 1. The summed E-state index contributed by atoms with van der Waals surface area (Å²) in [7, 11) is 0. The van der Waals surface area contributed by atoms with Crippen molar-refractivity contribution < 1.29 is 14.7 Å². The number of aromatic nitrogens is 3. The highest BCUT2D eigenvalue weighted by Gasteiger charge is 2.20. The summed E-state index contributed by atoms with van der Waals surface area (Å²) in [5.41, 5.74) is 11.9. The molecule has 9 heteroatoms. The van der Waals surface area contributed by atoms with Crippen LogP contribution in [0, 0.1) is 6.92 Å². The third kappa shape index (κ3) is 4.56. The molecule has 3 heterocycles. The molecule has 0 aliphatic carbocycles. The molecule has 3 aromatic heterocycles. The van der Waals surface area contributed by atoms with Crippen molar-refractivity contribution in [3.8, 4) is 33.0 Å². The number of benzene rings is 2. The molecule has 3 N–H and O–H groups in total. The van der Waals surface area contributed by atoms with E-state index >= 15 is 0 Å². The van der Waals surface area contributed by atoms with E-state index in [2.05, 4.69) is 9.97 Å². The lowest BCUT2D eigenvalue weighted by molar-refractivity contribution is -0.136. The monoisotopic (exact) mass is 514 g/mol. The number of halogens is 1. The second-order valence-corrected chi connectivity index (χ2v) is 9.68. The molecule has 0 aliphatic heterocycles. The van der Waals surface area contributed by atoms with Crippen LogP contribution >= 0.6 is 22.9 Å². The molecule has 5 aromatic rings. The molecule has 0 bridgehead atoms. The van der Waals surface area contributed by atoms with E-state index in [0.29, 0.717) is 21.8 Å². The maximum Gasteiger partial charge on any atom is 0.307 e. The Morgan fingerprint density at radius 1 is 1.03 bits per heavy atom. The van der Waals surface area contributed by atoms with Gasteiger partial charge in [0.05, 0.1) is 27.9 Å². The summed E-state index contributed by atoms with van der Waals surface area (Å²) in [6.45, 7) is 1.90. The van der Waals surface area contributed by atoms with Gasteiger partial charge in [-0.05, 0) is 60.0 Å². The van der Waals surface area contributed by atoms with E-state index < -0.39 is 11.9 Å². The molecule has 178 valence electrons. The van der Waals surface area contributed by atoms with Gasteiger partial charge in [-0.15, -0.1) is 11.3 Å². The number of pyridine rings is 2. The molecular weight excluding hydrogens is 496 g/mol. The fourth-order valence-electron chi connectivity index (χ4n) is 4.10. The smallest absolute Gasteiger partial charge is 0.307 e. The minimum atomic E-state index is -0.900. The van der Waals surface area contributed by atoms with Crippen LogP contribution in [-0.4, -0.2) is 31.9 Å². The van der Waals surface area contributed by atoms with Gasteiger partial charge in [0, 0.05) is 40.3 Å². The molecule has 0 saturated carbocycles. The first kappa shape index (κ1) is 23.6. The van der Waals surface area contributed by atoms with Crippen molar-refractivity contribution in [3.63, 3.8) is 0 Å². The molecule has 0 atom stereocenters. The summed E-state index contributed by atoms with van der Waals surface area (Å²) in [6, 6.07) is 14.7. The number of carboxylic acid groups (broad SMARTS) is 1. The molecule has 0 aliphatic rings. The predicted molar refractivity (Wildman–Crippen MR) is 141 cm³/mol. The third-order valence-electron chi connectivity index (χ3n) is 5.80. The molecule has 0 fully saturated rings. The van der Waals surface area contributed by atoms with Crippen molar-refractivity contribution in [2.75, 3.05) is 0 Å². The summed E-state index contributed by atoms with van der Waals surface area (Å²) < 4.78 is 0.893. The first-order chi connectivity index (χ1) is 17.3. The van der Waals surface area contributed by atoms with Crippen molar-refractivity contribution >= 4 is 45.0 Å². The Morgan fingerprint density at radius 2 is 1.81 bits per heavy atom. The fraction of sp³-hybridized carbons (Fsp3) is 0.0741. The number of aliphatic carboxylic acids is 1. The second kappa shape index (κ2) is 9.49. The van der Waals surface area contributed by atoms with Crippen LogP contribution in [0.5, 0.6) is 0 Å². The lowest BCUT2D eigenvalue weighted by atomic mass is 9.93. The van der Waals surface area contributed by atoms with Gasteiger partial charge in [0.25, 0.3) is 0 Å².